The fourth-order valence-corrected chi connectivity index (χ4v) is 2.74. The fourth-order valence-electron chi connectivity index (χ4n) is 2.00. The molecule has 0 saturated carbocycles. The fraction of sp³-hybridized carbons (Fsp3) is 0.222. The third kappa shape index (κ3) is 5.55. The Morgan fingerprint density at radius 1 is 1.25 bits per heavy atom. The maximum Gasteiger partial charge on any atom is 0.330 e. The summed E-state index contributed by atoms with van der Waals surface area (Å²) in [6.07, 6.45) is 3.04. The summed E-state index contributed by atoms with van der Waals surface area (Å²) in [4.78, 5) is 24.4. The lowest BCUT2D eigenvalue weighted by molar-refractivity contribution is -0.137. The highest BCUT2D eigenvalue weighted by molar-refractivity contribution is 7.10. The molecule has 1 atom stereocenters. The summed E-state index contributed by atoms with van der Waals surface area (Å²) in [6, 6.07) is 10.8. The highest BCUT2D eigenvalue weighted by Crippen LogP contribution is 2.18. The second-order valence-electron chi connectivity index (χ2n) is 5.04. The van der Waals surface area contributed by atoms with E-state index < -0.39 is 0 Å². The molecule has 1 heterocycles. The van der Waals surface area contributed by atoms with Crippen molar-refractivity contribution in [1.82, 2.24) is 5.32 Å². The summed E-state index contributed by atoms with van der Waals surface area (Å²) >= 11 is 1.60. The van der Waals surface area contributed by atoms with Gasteiger partial charge in [-0.2, -0.15) is 0 Å². The molecule has 0 aliphatic carbocycles. The molecule has 126 valence electrons. The van der Waals surface area contributed by atoms with Crippen molar-refractivity contribution in [3.63, 3.8) is 0 Å². The molecule has 0 radical (unpaired) electrons. The molecule has 2 N–H and O–H groups in total. The van der Waals surface area contributed by atoms with Crippen LogP contribution in [0.3, 0.4) is 0 Å². The van der Waals surface area contributed by atoms with Crippen molar-refractivity contribution < 1.29 is 14.3 Å². The third-order valence-corrected chi connectivity index (χ3v) is 4.24. The lowest BCUT2D eigenvalue weighted by Gasteiger charge is -2.13. The van der Waals surface area contributed by atoms with Crippen molar-refractivity contribution in [1.29, 1.82) is 0 Å². The van der Waals surface area contributed by atoms with Crippen LogP contribution in [0.15, 0.2) is 47.9 Å². The van der Waals surface area contributed by atoms with E-state index >= 15 is 0 Å². The third-order valence-electron chi connectivity index (χ3n) is 3.18. The first kappa shape index (κ1) is 17.7. The molecule has 2 aromatic rings. The molecule has 6 heteroatoms. The Labute approximate surface area is 145 Å². The van der Waals surface area contributed by atoms with Crippen LogP contribution in [-0.2, 0) is 9.53 Å². The van der Waals surface area contributed by atoms with Crippen LogP contribution in [0.4, 0.5) is 10.5 Å². The number of hydrogen-bond acceptors (Lipinski definition) is 4. The second kappa shape index (κ2) is 8.88. The molecule has 24 heavy (non-hydrogen) atoms. The van der Waals surface area contributed by atoms with Gasteiger partial charge in [-0.3, -0.25) is 0 Å². The molecule has 1 aromatic heterocycles. The van der Waals surface area contributed by atoms with Crippen molar-refractivity contribution in [2.24, 2.45) is 0 Å². The number of hydrogen-bond donors (Lipinski definition) is 2. The average molecular weight is 344 g/mol. The summed E-state index contributed by atoms with van der Waals surface area (Å²) in [5.41, 5.74) is 1.53. The van der Waals surface area contributed by atoms with Crippen molar-refractivity contribution >= 4 is 35.1 Å². The molecule has 5 nitrogen and oxygen atoms in total. The molecular formula is C18H20N2O3S. The van der Waals surface area contributed by atoms with Gasteiger partial charge in [0.1, 0.15) is 0 Å². The Kier molecular flexibility index (Phi) is 6.57. The lowest BCUT2D eigenvalue weighted by atomic mass is 10.2. The van der Waals surface area contributed by atoms with Gasteiger partial charge >= 0.3 is 12.0 Å². The maximum absolute atomic E-state index is 12.0. The smallest absolute Gasteiger partial charge is 0.330 e. The van der Waals surface area contributed by atoms with Gasteiger partial charge in [0.2, 0.25) is 0 Å². The number of ether oxygens (including phenoxy) is 1. The van der Waals surface area contributed by atoms with Gasteiger partial charge in [0.05, 0.1) is 12.6 Å². The first-order valence-electron chi connectivity index (χ1n) is 7.64. The van der Waals surface area contributed by atoms with Gasteiger partial charge in [-0.15, -0.1) is 11.3 Å². The van der Waals surface area contributed by atoms with Crippen molar-refractivity contribution in [2.45, 2.75) is 19.9 Å². The number of thiophene rings is 1. The van der Waals surface area contributed by atoms with E-state index in [-0.39, 0.29) is 18.0 Å². The van der Waals surface area contributed by atoms with Crippen molar-refractivity contribution in [3.8, 4) is 0 Å². The first-order chi connectivity index (χ1) is 11.6. The van der Waals surface area contributed by atoms with Gasteiger partial charge in [0, 0.05) is 16.6 Å². The van der Waals surface area contributed by atoms with Gasteiger partial charge in [-0.1, -0.05) is 18.2 Å². The van der Waals surface area contributed by atoms with Gasteiger partial charge < -0.3 is 15.4 Å². The molecule has 0 fully saturated rings. The van der Waals surface area contributed by atoms with E-state index in [2.05, 4.69) is 10.6 Å². The Bertz CT molecular complexity index is 694. The number of urea groups is 1. The Morgan fingerprint density at radius 3 is 2.62 bits per heavy atom. The summed E-state index contributed by atoms with van der Waals surface area (Å²) in [7, 11) is 0. The van der Waals surface area contributed by atoms with Crippen LogP contribution in [0.5, 0.6) is 0 Å². The quantitative estimate of drug-likeness (QED) is 0.609. The van der Waals surface area contributed by atoms with Gasteiger partial charge in [0.15, 0.2) is 0 Å². The number of carbonyl (C=O) groups excluding carboxylic acids is 2. The summed E-state index contributed by atoms with van der Waals surface area (Å²) < 4.78 is 4.82. The number of carbonyl (C=O) groups is 2. The lowest BCUT2D eigenvalue weighted by Crippen LogP contribution is -2.30. The first-order valence-corrected chi connectivity index (χ1v) is 8.52. The van der Waals surface area contributed by atoms with Gasteiger partial charge in [-0.25, -0.2) is 9.59 Å². The molecule has 2 rings (SSSR count). The SMILES string of the molecule is CCOC(=O)/C=C/c1ccc(NC(=O)N[C@@H](C)c2cccs2)cc1. The van der Waals surface area contributed by atoms with E-state index in [0.29, 0.717) is 12.3 Å². The molecule has 0 unspecified atom stereocenters. The number of rotatable bonds is 6. The molecule has 1 aromatic carbocycles. The Balaban J connectivity index is 1.87. The van der Waals surface area contributed by atoms with E-state index in [1.54, 1.807) is 36.5 Å². The molecule has 0 bridgehead atoms. The van der Waals surface area contributed by atoms with E-state index in [1.165, 1.54) is 6.08 Å². The van der Waals surface area contributed by atoms with E-state index in [9.17, 15) is 9.59 Å². The van der Waals surface area contributed by atoms with Crippen LogP contribution in [0, 0.1) is 0 Å². The Hall–Kier alpha value is -2.60. The summed E-state index contributed by atoms with van der Waals surface area (Å²) in [5, 5.41) is 7.65. The van der Waals surface area contributed by atoms with E-state index in [4.69, 9.17) is 4.74 Å². The zero-order chi connectivity index (χ0) is 17.4. The second-order valence-corrected chi connectivity index (χ2v) is 6.02. The van der Waals surface area contributed by atoms with Crippen LogP contribution in [0.25, 0.3) is 6.08 Å². The molecule has 0 spiro atoms. The zero-order valence-electron chi connectivity index (χ0n) is 13.6. The minimum Gasteiger partial charge on any atom is -0.463 e. The standard InChI is InChI=1S/C18H20N2O3S/c1-3-23-17(21)11-8-14-6-9-15(10-7-14)20-18(22)19-13(2)16-5-4-12-24-16/h4-13H,3H2,1-2H3,(H2,19,20,22)/b11-8+/t13-/m0/s1. The number of esters is 1. The maximum atomic E-state index is 12.0. The van der Waals surface area contributed by atoms with E-state index in [0.717, 1.165) is 10.4 Å². The van der Waals surface area contributed by atoms with Crippen LogP contribution in [-0.4, -0.2) is 18.6 Å². The Morgan fingerprint density at radius 2 is 2.00 bits per heavy atom. The monoisotopic (exact) mass is 344 g/mol. The normalized spacial score (nSPS) is 11.9. The average Bonchev–Trinajstić information content (AvgIpc) is 3.09. The van der Waals surface area contributed by atoms with E-state index in [1.807, 2.05) is 36.6 Å². The summed E-state index contributed by atoms with van der Waals surface area (Å²) in [5.74, 6) is -0.373. The van der Waals surface area contributed by atoms with Crippen LogP contribution < -0.4 is 10.6 Å². The predicted molar refractivity (Wildman–Crippen MR) is 97.0 cm³/mol. The van der Waals surface area contributed by atoms with Gasteiger partial charge in [-0.05, 0) is 49.1 Å². The number of nitrogens with one attached hydrogen (secondary N) is 2. The van der Waals surface area contributed by atoms with Gasteiger partial charge in [0.25, 0.3) is 0 Å². The molecular weight excluding hydrogens is 324 g/mol. The van der Waals surface area contributed by atoms with Crippen LogP contribution in [0.1, 0.15) is 30.3 Å². The van der Waals surface area contributed by atoms with Crippen molar-refractivity contribution in [3.05, 3.63) is 58.3 Å². The highest BCUT2D eigenvalue weighted by atomic mass is 32.1. The molecule has 0 aliphatic rings. The highest BCUT2D eigenvalue weighted by Gasteiger charge is 2.10. The molecule has 0 saturated heterocycles. The molecule has 0 aliphatic heterocycles. The van der Waals surface area contributed by atoms with Crippen molar-refractivity contribution in [2.75, 3.05) is 11.9 Å². The molecule has 2 amide bonds. The minimum atomic E-state index is -0.373. The van der Waals surface area contributed by atoms with Crippen LogP contribution in [0.2, 0.25) is 0 Å². The number of anilines is 1. The number of benzene rings is 1. The largest absolute Gasteiger partial charge is 0.463 e. The minimum absolute atomic E-state index is 0.0446. The summed E-state index contributed by atoms with van der Waals surface area (Å²) in [6.45, 7) is 4.05. The van der Waals surface area contributed by atoms with Crippen LogP contribution >= 0.6 is 11.3 Å². The zero-order valence-corrected chi connectivity index (χ0v) is 14.4. The number of amides is 2. The predicted octanol–water partition coefficient (Wildman–Crippen LogP) is 4.21. The topological polar surface area (TPSA) is 67.4 Å².